The molecule has 1 aromatic rings. The van der Waals surface area contributed by atoms with Crippen molar-refractivity contribution in [2.45, 2.75) is 37.7 Å². The van der Waals surface area contributed by atoms with E-state index in [0.29, 0.717) is 12.5 Å². The predicted molar refractivity (Wildman–Crippen MR) is 81.0 cm³/mol. The van der Waals surface area contributed by atoms with Crippen molar-refractivity contribution in [2.24, 2.45) is 0 Å². The summed E-state index contributed by atoms with van der Waals surface area (Å²) in [5.74, 6) is -0.526. The molecule has 0 radical (unpaired) electrons. The van der Waals surface area contributed by atoms with Crippen molar-refractivity contribution >= 4 is 21.7 Å². The zero-order valence-electron chi connectivity index (χ0n) is 12.4. The number of rotatable bonds is 5. The van der Waals surface area contributed by atoms with Crippen LogP contribution in [0.3, 0.4) is 0 Å². The van der Waals surface area contributed by atoms with Gasteiger partial charge in [-0.2, -0.15) is 21.6 Å². The summed E-state index contributed by atoms with van der Waals surface area (Å²) in [5, 5.41) is -0.162. The first-order chi connectivity index (χ1) is 10.6. The van der Waals surface area contributed by atoms with Gasteiger partial charge in [-0.15, -0.1) is 0 Å². The Balaban J connectivity index is 2.03. The zero-order valence-corrected chi connectivity index (χ0v) is 14.0. The molecule has 1 saturated heterocycles. The van der Waals surface area contributed by atoms with Gasteiger partial charge in [-0.05, 0) is 50.4 Å². The van der Waals surface area contributed by atoms with Crippen molar-refractivity contribution in [3.8, 4) is 5.75 Å². The highest BCUT2D eigenvalue weighted by molar-refractivity contribution is 7.88. The summed E-state index contributed by atoms with van der Waals surface area (Å²) in [6, 6.07) is 4.62. The Hall–Kier alpha value is -0.990. The Morgan fingerprint density at radius 2 is 2.09 bits per heavy atom. The largest absolute Gasteiger partial charge is 0.534 e. The molecule has 1 fully saturated rings. The second-order valence-corrected chi connectivity index (χ2v) is 7.47. The summed E-state index contributed by atoms with van der Waals surface area (Å²) in [6.45, 7) is 4.00. The second-order valence-electron chi connectivity index (χ2n) is 5.53. The third kappa shape index (κ3) is 4.51. The number of halogens is 4. The maximum atomic E-state index is 12.3. The summed E-state index contributed by atoms with van der Waals surface area (Å²) in [7, 11) is -5.71. The van der Waals surface area contributed by atoms with Crippen molar-refractivity contribution in [3.05, 3.63) is 28.8 Å². The molecule has 2 rings (SSSR count). The molecule has 1 unspecified atom stereocenters. The van der Waals surface area contributed by atoms with Crippen LogP contribution in [0.1, 0.15) is 25.3 Å². The number of nitrogens with zero attached hydrogens (tertiary/aromatic N) is 1. The van der Waals surface area contributed by atoms with E-state index >= 15 is 0 Å². The summed E-state index contributed by atoms with van der Waals surface area (Å²) >= 11 is 5.84. The van der Waals surface area contributed by atoms with Gasteiger partial charge in [0, 0.05) is 12.6 Å². The van der Waals surface area contributed by atoms with Gasteiger partial charge in [0.1, 0.15) is 0 Å². The van der Waals surface area contributed by atoms with Crippen molar-refractivity contribution < 1.29 is 25.8 Å². The minimum atomic E-state index is -5.71. The fourth-order valence-electron chi connectivity index (χ4n) is 2.53. The Morgan fingerprint density at radius 3 is 2.61 bits per heavy atom. The lowest BCUT2D eigenvalue weighted by molar-refractivity contribution is -0.0500. The molecule has 0 aromatic heterocycles. The maximum absolute atomic E-state index is 12.3. The molecular formula is C14H17ClF3NO3S. The number of benzene rings is 1. The van der Waals surface area contributed by atoms with Gasteiger partial charge in [0.25, 0.3) is 0 Å². The molecular weight excluding hydrogens is 355 g/mol. The summed E-state index contributed by atoms with van der Waals surface area (Å²) in [4.78, 5) is 2.33. The first-order valence-corrected chi connectivity index (χ1v) is 8.92. The second kappa shape index (κ2) is 6.86. The van der Waals surface area contributed by atoms with Gasteiger partial charge in [-0.25, -0.2) is 0 Å². The molecule has 1 heterocycles. The summed E-state index contributed by atoms with van der Waals surface area (Å²) in [6.07, 6.45) is 2.99. The number of likely N-dealkylation sites (tertiary alicyclic amines) is 1. The van der Waals surface area contributed by atoms with Crippen LogP contribution >= 0.6 is 11.6 Å². The van der Waals surface area contributed by atoms with E-state index in [1.807, 2.05) is 0 Å². The number of alkyl halides is 3. The van der Waals surface area contributed by atoms with Crippen molar-refractivity contribution in [2.75, 3.05) is 13.1 Å². The first-order valence-electron chi connectivity index (χ1n) is 7.13. The van der Waals surface area contributed by atoms with Crippen LogP contribution in [0.5, 0.6) is 5.75 Å². The number of hydrogen-bond donors (Lipinski definition) is 0. The molecule has 0 bridgehead atoms. The van der Waals surface area contributed by atoms with E-state index in [4.69, 9.17) is 11.6 Å². The van der Waals surface area contributed by atoms with Gasteiger partial charge >= 0.3 is 15.6 Å². The lowest BCUT2D eigenvalue weighted by Gasteiger charge is -2.20. The van der Waals surface area contributed by atoms with E-state index < -0.39 is 21.4 Å². The summed E-state index contributed by atoms with van der Waals surface area (Å²) in [5.41, 5.74) is -4.67. The normalized spacial score (nSPS) is 20.0. The van der Waals surface area contributed by atoms with Crippen LogP contribution in [0.2, 0.25) is 5.02 Å². The SMILES string of the molecule is CC1CCCN1CCc1ccc(OS(=O)(=O)C(F)(F)F)c(Cl)c1. The van der Waals surface area contributed by atoms with E-state index in [1.54, 1.807) is 0 Å². The van der Waals surface area contributed by atoms with Gasteiger partial charge in [0.15, 0.2) is 5.75 Å². The lowest BCUT2D eigenvalue weighted by atomic mass is 10.1. The predicted octanol–water partition coefficient (Wildman–Crippen LogP) is 3.60. The van der Waals surface area contributed by atoms with Gasteiger partial charge in [0.2, 0.25) is 0 Å². The molecule has 1 aliphatic heterocycles. The van der Waals surface area contributed by atoms with Crippen LogP contribution in [0, 0.1) is 0 Å². The van der Waals surface area contributed by atoms with E-state index in [2.05, 4.69) is 16.0 Å². The smallest absolute Gasteiger partial charge is 0.374 e. The molecule has 9 heteroatoms. The zero-order chi connectivity index (χ0) is 17.3. The van der Waals surface area contributed by atoms with Gasteiger partial charge in [0.05, 0.1) is 5.02 Å². The maximum Gasteiger partial charge on any atom is 0.534 e. The number of hydrogen-bond acceptors (Lipinski definition) is 4. The van der Waals surface area contributed by atoms with E-state index in [-0.39, 0.29) is 5.02 Å². The van der Waals surface area contributed by atoms with Gasteiger partial charge in [-0.3, -0.25) is 0 Å². The van der Waals surface area contributed by atoms with Gasteiger partial charge in [-0.1, -0.05) is 17.7 Å². The van der Waals surface area contributed by atoms with Crippen LogP contribution in [0.15, 0.2) is 18.2 Å². The first kappa shape index (κ1) is 18.4. The Labute approximate surface area is 138 Å². The molecule has 1 aromatic carbocycles. The minimum Gasteiger partial charge on any atom is -0.374 e. The molecule has 0 saturated carbocycles. The van der Waals surface area contributed by atoms with Crippen LogP contribution < -0.4 is 4.18 Å². The Morgan fingerprint density at radius 1 is 1.39 bits per heavy atom. The molecule has 1 atom stereocenters. The van der Waals surface area contributed by atoms with Crippen LogP contribution in [0.4, 0.5) is 13.2 Å². The highest BCUT2D eigenvalue weighted by atomic mass is 35.5. The molecule has 0 amide bonds. The van der Waals surface area contributed by atoms with Crippen LogP contribution in [0.25, 0.3) is 0 Å². The standard InChI is InChI=1S/C14H17ClF3NO3S/c1-10-3-2-7-19(10)8-6-11-4-5-13(12(15)9-11)22-23(20,21)14(16,17)18/h4-5,9-10H,2-3,6-8H2,1H3. The quantitative estimate of drug-likeness (QED) is 0.586. The average molecular weight is 372 g/mol. The highest BCUT2D eigenvalue weighted by Crippen LogP contribution is 2.32. The molecule has 1 aliphatic rings. The van der Waals surface area contributed by atoms with E-state index in [0.717, 1.165) is 37.6 Å². The minimum absolute atomic E-state index is 0.162. The highest BCUT2D eigenvalue weighted by Gasteiger charge is 2.48. The lowest BCUT2D eigenvalue weighted by Crippen LogP contribution is -2.29. The third-order valence-electron chi connectivity index (χ3n) is 3.86. The fraction of sp³-hybridized carbons (Fsp3) is 0.571. The van der Waals surface area contributed by atoms with Crippen LogP contribution in [-0.2, 0) is 16.5 Å². The van der Waals surface area contributed by atoms with E-state index in [9.17, 15) is 21.6 Å². The Kier molecular flexibility index (Phi) is 5.48. The monoisotopic (exact) mass is 371 g/mol. The molecule has 4 nitrogen and oxygen atoms in total. The fourth-order valence-corrected chi connectivity index (χ4v) is 3.29. The molecule has 0 spiro atoms. The third-order valence-corrected chi connectivity index (χ3v) is 5.12. The topological polar surface area (TPSA) is 46.6 Å². The molecule has 23 heavy (non-hydrogen) atoms. The van der Waals surface area contributed by atoms with Crippen molar-refractivity contribution in [1.29, 1.82) is 0 Å². The Bertz CT molecular complexity index is 664. The molecule has 0 N–H and O–H groups in total. The molecule has 0 aliphatic carbocycles. The summed E-state index contributed by atoms with van der Waals surface area (Å²) < 4.78 is 62.9. The van der Waals surface area contributed by atoms with Gasteiger partial charge < -0.3 is 9.08 Å². The van der Waals surface area contributed by atoms with E-state index in [1.165, 1.54) is 12.1 Å². The average Bonchev–Trinajstić information content (AvgIpc) is 2.83. The molecule has 130 valence electrons. The van der Waals surface area contributed by atoms with Crippen LogP contribution in [-0.4, -0.2) is 38.0 Å². The van der Waals surface area contributed by atoms with Crippen molar-refractivity contribution in [3.63, 3.8) is 0 Å². The van der Waals surface area contributed by atoms with Crippen molar-refractivity contribution in [1.82, 2.24) is 4.90 Å².